The molecule has 0 spiro atoms. The predicted molar refractivity (Wildman–Crippen MR) is 151 cm³/mol. The van der Waals surface area contributed by atoms with Crippen molar-refractivity contribution in [3.05, 3.63) is 101 Å². The van der Waals surface area contributed by atoms with Crippen LogP contribution in [0.2, 0.25) is 0 Å². The molecule has 0 bridgehead atoms. The fraction of sp³-hybridized carbons (Fsp3) is 0.281. The Bertz CT molecular complexity index is 1460. The minimum atomic E-state index is -0.593. The van der Waals surface area contributed by atoms with Crippen molar-refractivity contribution in [3.8, 4) is 11.5 Å². The lowest BCUT2D eigenvalue weighted by Gasteiger charge is -2.26. The van der Waals surface area contributed by atoms with Gasteiger partial charge in [0.25, 0.3) is 0 Å². The van der Waals surface area contributed by atoms with Gasteiger partial charge in [-0.1, -0.05) is 54.6 Å². The minimum Gasteiger partial charge on any atom is -0.493 e. The first-order valence-electron chi connectivity index (χ1n) is 13.0. The molecular formula is C32H34N2O4. The Kier molecular flexibility index (Phi) is 7.25. The molecule has 6 nitrogen and oxygen atoms in total. The quantitative estimate of drug-likeness (QED) is 0.305. The number of para-hydroxylation sites is 1. The van der Waals surface area contributed by atoms with Gasteiger partial charge in [0.1, 0.15) is 12.2 Å². The van der Waals surface area contributed by atoms with Crippen molar-refractivity contribution in [1.29, 1.82) is 0 Å². The maximum atomic E-state index is 13.2. The van der Waals surface area contributed by atoms with Gasteiger partial charge in [-0.3, -0.25) is 0 Å². The summed E-state index contributed by atoms with van der Waals surface area (Å²) in [6.45, 7) is 6.94. The summed E-state index contributed by atoms with van der Waals surface area (Å²) in [5, 5.41) is 4.57. The normalized spacial score (nSPS) is 15.4. The number of aromatic nitrogens is 1. The van der Waals surface area contributed by atoms with Crippen LogP contribution in [-0.2, 0) is 17.8 Å². The van der Waals surface area contributed by atoms with Crippen LogP contribution < -0.4 is 14.8 Å². The van der Waals surface area contributed by atoms with E-state index in [2.05, 4.69) is 23.5 Å². The number of hydrogen-bond donors (Lipinski definition) is 1. The molecule has 0 radical (unpaired) electrons. The van der Waals surface area contributed by atoms with Crippen LogP contribution in [0.5, 0.6) is 11.5 Å². The Morgan fingerprint density at radius 3 is 2.55 bits per heavy atom. The van der Waals surface area contributed by atoms with Crippen LogP contribution in [0.25, 0.3) is 17.0 Å². The second kappa shape index (κ2) is 10.8. The Hall–Kier alpha value is -4.03. The molecule has 5 rings (SSSR count). The second-order valence-corrected chi connectivity index (χ2v) is 10.5. The van der Waals surface area contributed by atoms with Crippen LogP contribution >= 0.6 is 0 Å². The smallest absolute Gasteiger partial charge is 0.419 e. The molecule has 6 heteroatoms. The average Bonchev–Trinajstić information content (AvgIpc) is 3.28. The maximum Gasteiger partial charge on any atom is 0.419 e. The molecule has 1 N–H and O–H groups in total. The zero-order chi connectivity index (χ0) is 26.7. The highest BCUT2D eigenvalue weighted by Gasteiger charge is 2.23. The van der Waals surface area contributed by atoms with Gasteiger partial charge in [0, 0.05) is 11.9 Å². The molecule has 0 aliphatic carbocycles. The molecule has 0 fully saturated rings. The van der Waals surface area contributed by atoms with Gasteiger partial charge in [-0.05, 0) is 74.2 Å². The molecule has 196 valence electrons. The summed E-state index contributed by atoms with van der Waals surface area (Å²) in [6.07, 6.45) is 4.58. The molecule has 2 heterocycles. The van der Waals surface area contributed by atoms with E-state index in [1.54, 1.807) is 11.7 Å². The van der Waals surface area contributed by atoms with E-state index in [0.29, 0.717) is 12.4 Å². The summed E-state index contributed by atoms with van der Waals surface area (Å²) < 4.78 is 19.2. The van der Waals surface area contributed by atoms with Gasteiger partial charge >= 0.3 is 6.09 Å². The number of nitrogens with one attached hydrogen (secondary N) is 1. The van der Waals surface area contributed by atoms with Crippen molar-refractivity contribution in [3.63, 3.8) is 0 Å². The fourth-order valence-corrected chi connectivity index (χ4v) is 4.78. The Balaban J connectivity index is 1.44. The summed E-state index contributed by atoms with van der Waals surface area (Å²) in [5.41, 5.74) is 4.45. The molecule has 0 amide bonds. The minimum absolute atomic E-state index is 0.0408. The highest BCUT2D eigenvalue weighted by molar-refractivity contribution is 5.93. The van der Waals surface area contributed by atoms with Crippen LogP contribution in [0.4, 0.5) is 4.79 Å². The van der Waals surface area contributed by atoms with Crippen LogP contribution in [0.3, 0.4) is 0 Å². The summed E-state index contributed by atoms with van der Waals surface area (Å²) in [4.78, 5) is 13.2. The van der Waals surface area contributed by atoms with Gasteiger partial charge in [-0.2, -0.15) is 0 Å². The van der Waals surface area contributed by atoms with E-state index in [-0.39, 0.29) is 6.04 Å². The number of ether oxygens (including phenoxy) is 3. The zero-order valence-corrected chi connectivity index (χ0v) is 22.4. The summed E-state index contributed by atoms with van der Waals surface area (Å²) in [6, 6.07) is 24.1. The van der Waals surface area contributed by atoms with Gasteiger partial charge in [-0.15, -0.1) is 0 Å². The zero-order valence-electron chi connectivity index (χ0n) is 22.4. The second-order valence-electron chi connectivity index (χ2n) is 10.5. The third-order valence-corrected chi connectivity index (χ3v) is 6.53. The highest BCUT2D eigenvalue weighted by atomic mass is 16.6. The van der Waals surface area contributed by atoms with E-state index >= 15 is 0 Å². The molecule has 1 unspecified atom stereocenters. The lowest BCUT2D eigenvalue weighted by Crippen LogP contribution is -2.29. The van der Waals surface area contributed by atoms with Crippen molar-refractivity contribution < 1.29 is 19.0 Å². The SMILES string of the molecule is COc1cc2c(cc1OCc1ccccc1)CCNC2/C=C/c1cc2ccccc2n1C(=O)OC(C)(C)C. The van der Waals surface area contributed by atoms with Crippen molar-refractivity contribution in [2.24, 2.45) is 0 Å². The molecule has 1 aliphatic rings. The number of methoxy groups -OCH3 is 1. The highest BCUT2D eigenvalue weighted by Crippen LogP contribution is 2.36. The third kappa shape index (κ3) is 5.60. The number of hydrogen-bond acceptors (Lipinski definition) is 5. The number of rotatable bonds is 6. The number of carbonyl (C=O) groups is 1. The Morgan fingerprint density at radius 1 is 1.03 bits per heavy atom. The molecule has 4 aromatic rings. The number of nitrogens with zero attached hydrogens (tertiary/aromatic N) is 1. The summed E-state index contributed by atoms with van der Waals surface area (Å²) in [5.74, 6) is 1.44. The topological polar surface area (TPSA) is 61.7 Å². The number of carbonyl (C=O) groups excluding carboxylic acids is 1. The molecule has 38 heavy (non-hydrogen) atoms. The molecular weight excluding hydrogens is 476 g/mol. The maximum absolute atomic E-state index is 13.2. The first-order chi connectivity index (χ1) is 18.3. The third-order valence-electron chi connectivity index (χ3n) is 6.53. The van der Waals surface area contributed by atoms with E-state index in [9.17, 15) is 4.79 Å². The van der Waals surface area contributed by atoms with Gasteiger partial charge in [-0.25, -0.2) is 9.36 Å². The fourth-order valence-electron chi connectivity index (χ4n) is 4.78. The summed E-state index contributed by atoms with van der Waals surface area (Å²) in [7, 11) is 1.66. The molecule has 0 saturated carbocycles. The first-order valence-corrected chi connectivity index (χ1v) is 13.0. The van der Waals surface area contributed by atoms with E-state index in [4.69, 9.17) is 14.2 Å². The van der Waals surface area contributed by atoms with Gasteiger partial charge in [0.2, 0.25) is 0 Å². The lowest BCUT2D eigenvalue weighted by atomic mass is 9.93. The molecule has 1 aromatic heterocycles. The van der Waals surface area contributed by atoms with Crippen LogP contribution in [0.1, 0.15) is 49.2 Å². The van der Waals surface area contributed by atoms with E-state index in [0.717, 1.165) is 46.4 Å². The van der Waals surface area contributed by atoms with Crippen LogP contribution in [0.15, 0.2) is 78.9 Å². The monoisotopic (exact) mass is 510 g/mol. The molecule has 1 aliphatic heterocycles. The molecule has 0 saturated heterocycles. The van der Waals surface area contributed by atoms with Crippen molar-refractivity contribution in [2.45, 2.75) is 45.4 Å². The predicted octanol–water partition coefficient (Wildman–Crippen LogP) is 6.91. The van der Waals surface area contributed by atoms with Crippen LogP contribution in [-0.4, -0.2) is 29.9 Å². The molecule has 1 atom stereocenters. The van der Waals surface area contributed by atoms with E-state index < -0.39 is 11.7 Å². The number of fused-ring (bicyclic) bond motifs is 2. The summed E-state index contributed by atoms with van der Waals surface area (Å²) >= 11 is 0. The lowest BCUT2D eigenvalue weighted by molar-refractivity contribution is 0.0543. The molecule has 3 aromatic carbocycles. The average molecular weight is 511 g/mol. The van der Waals surface area contributed by atoms with Crippen LogP contribution in [0, 0.1) is 0 Å². The largest absolute Gasteiger partial charge is 0.493 e. The van der Waals surface area contributed by atoms with E-state index in [1.165, 1.54) is 5.56 Å². The van der Waals surface area contributed by atoms with E-state index in [1.807, 2.05) is 87.5 Å². The Morgan fingerprint density at radius 2 is 1.79 bits per heavy atom. The van der Waals surface area contributed by atoms with Crippen molar-refractivity contribution in [2.75, 3.05) is 13.7 Å². The van der Waals surface area contributed by atoms with Gasteiger partial charge in [0.05, 0.1) is 24.4 Å². The Labute approximate surface area is 223 Å². The van der Waals surface area contributed by atoms with Crippen molar-refractivity contribution >= 4 is 23.1 Å². The first kappa shape index (κ1) is 25.6. The van der Waals surface area contributed by atoms with Gasteiger partial charge in [0.15, 0.2) is 11.5 Å². The number of benzene rings is 3. The van der Waals surface area contributed by atoms with Gasteiger partial charge < -0.3 is 19.5 Å². The van der Waals surface area contributed by atoms with Crippen molar-refractivity contribution in [1.82, 2.24) is 9.88 Å². The standard InChI is InChI=1S/C32H34N2O4/c1-32(2,3)38-31(35)34-25(18-24-12-8-9-13-28(24)34)14-15-27-26-20-29(36-4)30(19-23(26)16-17-33-27)37-21-22-10-6-5-7-11-22/h5-15,18-20,27,33H,16-17,21H2,1-4H3/b15-14+.